The maximum Gasteiger partial charge on any atom is 0.183 e. The van der Waals surface area contributed by atoms with E-state index < -0.39 is 42.6 Å². The molecule has 4 unspecified atom stereocenters. The van der Waals surface area contributed by atoms with Crippen LogP contribution in [0.25, 0.3) is 0 Å². The predicted octanol–water partition coefficient (Wildman–Crippen LogP) is 0.411. The van der Waals surface area contributed by atoms with Crippen molar-refractivity contribution in [2.75, 3.05) is 13.2 Å². The summed E-state index contributed by atoms with van der Waals surface area (Å²) in [5.41, 5.74) is 0.564. The molecule has 0 amide bonds. The average molecular weight is 436 g/mol. The highest BCUT2D eigenvalue weighted by Gasteiger charge is 2.40. The lowest BCUT2D eigenvalue weighted by Gasteiger charge is -2.35. The van der Waals surface area contributed by atoms with Gasteiger partial charge in [-0.25, -0.2) is 0 Å². The Balaban J connectivity index is 1.70. The molecule has 0 aliphatic carbocycles. The van der Waals surface area contributed by atoms with Crippen LogP contribution in [0.15, 0.2) is 36.4 Å². The fourth-order valence-electron chi connectivity index (χ4n) is 3.19. The van der Waals surface area contributed by atoms with E-state index in [-0.39, 0.29) is 35.8 Å². The highest BCUT2D eigenvalue weighted by atomic mass is 17.2. The number of aliphatic hydroxyl groups excluding tert-OH is 3. The minimum Gasteiger partial charge on any atom is -0.508 e. The number of aryl methyl sites for hydroxylation is 1. The molecular formula is C21H24O10. The van der Waals surface area contributed by atoms with Gasteiger partial charge in [-0.2, -0.15) is 4.89 Å². The minimum absolute atomic E-state index is 0.00840. The summed E-state index contributed by atoms with van der Waals surface area (Å²) in [5.74, 6) is -1.57. The van der Waals surface area contributed by atoms with Gasteiger partial charge in [0.1, 0.15) is 41.1 Å². The van der Waals surface area contributed by atoms with Gasteiger partial charge < -0.3 is 40.3 Å². The molecular weight excluding hydrogens is 412 g/mol. The van der Waals surface area contributed by atoms with Crippen LogP contribution in [0.1, 0.15) is 22.3 Å². The number of phenols is 3. The Morgan fingerprint density at radius 2 is 1.74 bits per heavy atom. The molecule has 1 saturated heterocycles. The van der Waals surface area contributed by atoms with Crippen molar-refractivity contribution in [2.24, 2.45) is 0 Å². The fourth-order valence-corrected chi connectivity index (χ4v) is 3.19. The summed E-state index contributed by atoms with van der Waals surface area (Å²) < 4.78 is 5.18. The minimum atomic E-state index is -1.44. The zero-order valence-electron chi connectivity index (χ0n) is 16.4. The maximum absolute atomic E-state index is 12.7. The van der Waals surface area contributed by atoms with E-state index in [1.165, 1.54) is 12.1 Å². The topological polar surface area (TPSA) is 166 Å². The van der Waals surface area contributed by atoms with E-state index in [0.717, 1.165) is 17.7 Å². The number of hydrogen-bond acceptors (Lipinski definition) is 10. The van der Waals surface area contributed by atoms with Crippen LogP contribution in [0.3, 0.4) is 0 Å². The molecule has 2 aromatic carbocycles. The van der Waals surface area contributed by atoms with Crippen LogP contribution in [0.5, 0.6) is 23.0 Å². The first-order chi connectivity index (χ1) is 14.8. The predicted molar refractivity (Wildman–Crippen MR) is 105 cm³/mol. The number of ether oxygens (including phenoxy) is 1. The second kappa shape index (κ2) is 9.94. The summed E-state index contributed by atoms with van der Waals surface area (Å²) in [6, 6.07) is 8.36. The monoisotopic (exact) mass is 436 g/mol. The van der Waals surface area contributed by atoms with Gasteiger partial charge in [-0.15, -0.1) is 0 Å². The smallest absolute Gasteiger partial charge is 0.183 e. The van der Waals surface area contributed by atoms with E-state index in [9.17, 15) is 30.3 Å². The Hall–Kier alpha value is -2.89. The molecule has 1 fully saturated rings. The molecule has 10 heteroatoms. The van der Waals surface area contributed by atoms with Crippen LogP contribution in [0, 0.1) is 0 Å². The molecule has 10 nitrogen and oxygen atoms in total. The van der Waals surface area contributed by atoms with E-state index in [4.69, 9.17) is 19.6 Å². The molecule has 1 aliphatic rings. The molecule has 168 valence electrons. The van der Waals surface area contributed by atoms with Crippen LogP contribution < -0.4 is 4.89 Å². The molecule has 2 aromatic rings. The molecule has 31 heavy (non-hydrogen) atoms. The normalized spacial score (nSPS) is 23.5. The highest BCUT2D eigenvalue weighted by molar-refractivity contribution is 6.01. The van der Waals surface area contributed by atoms with E-state index >= 15 is 0 Å². The summed E-state index contributed by atoms with van der Waals surface area (Å²) in [6.45, 7) is -0.704. The molecule has 4 atom stereocenters. The SMILES string of the molecule is O=C(CCc1ccc(O)cc1)c1c(O)cc(O)cc1OOC1COC(CO)C(O)C1O. The molecule has 0 spiro atoms. The lowest BCUT2D eigenvalue weighted by Crippen LogP contribution is -2.55. The Morgan fingerprint density at radius 1 is 1.03 bits per heavy atom. The Labute approximate surface area is 177 Å². The number of carbonyl (C=O) groups is 1. The van der Waals surface area contributed by atoms with Crippen molar-refractivity contribution in [3.8, 4) is 23.0 Å². The van der Waals surface area contributed by atoms with Crippen LogP contribution in [0.4, 0.5) is 0 Å². The van der Waals surface area contributed by atoms with E-state index in [1.54, 1.807) is 12.1 Å². The summed E-state index contributed by atoms with van der Waals surface area (Å²) in [4.78, 5) is 22.9. The summed E-state index contributed by atoms with van der Waals surface area (Å²) in [6.07, 6.45) is -4.67. The number of benzene rings is 2. The van der Waals surface area contributed by atoms with E-state index in [0.29, 0.717) is 6.42 Å². The quantitative estimate of drug-likeness (QED) is 0.194. The van der Waals surface area contributed by atoms with Crippen LogP contribution in [-0.4, -0.2) is 74.1 Å². The number of aromatic hydroxyl groups is 3. The van der Waals surface area contributed by atoms with Gasteiger partial charge in [0.2, 0.25) is 0 Å². The molecule has 3 rings (SSSR count). The molecule has 0 bridgehead atoms. The zero-order valence-corrected chi connectivity index (χ0v) is 16.4. The third kappa shape index (κ3) is 5.43. The Kier molecular flexibility index (Phi) is 7.31. The standard InChI is InChI=1S/C21H24O10/c22-9-17-20(27)21(28)18(10-29-17)31-30-16-8-13(24)7-15(26)19(16)14(25)6-3-11-1-4-12(23)5-2-11/h1-2,4-5,7-8,17-18,20-24,26-28H,3,6,9-10H2. The first kappa shape index (κ1) is 22.8. The molecule has 0 radical (unpaired) electrons. The van der Waals surface area contributed by atoms with Crippen molar-refractivity contribution in [2.45, 2.75) is 37.3 Å². The molecule has 1 heterocycles. The van der Waals surface area contributed by atoms with Gasteiger partial charge in [-0.3, -0.25) is 4.79 Å². The van der Waals surface area contributed by atoms with Crippen LogP contribution in [0.2, 0.25) is 0 Å². The van der Waals surface area contributed by atoms with Gasteiger partial charge >= 0.3 is 0 Å². The third-order valence-corrected chi connectivity index (χ3v) is 4.95. The van der Waals surface area contributed by atoms with Crippen molar-refractivity contribution < 1.29 is 49.9 Å². The van der Waals surface area contributed by atoms with Crippen LogP contribution >= 0.6 is 0 Å². The summed E-state index contributed by atoms with van der Waals surface area (Å²) >= 11 is 0. The lowest BCUT2D eigenvalue weighted by atomic mass is 10.0. The number of aliphatic hydroxyl groups is 3. The van der Waals surface area contributed by atoms with Crippen molar-refractivity contribution in [1.82, 2.24) is 0 Å². The second-order valence-electron chi connectivity index (χ2n) is 7.18. The largest absolute Gasteiger partial charge is 0.508 e. The first-order valence-corrected chi connectivity index (χ1v) is 9.59. The highest BCUT2D eigenvalue weighted by Crippen LogP contribution is 2.35. The van der Waals surface area contributed by atoms with Crippen molar-refractivity contribution >= 4 is 5.78 Å². The Morgan fingerprint density at radius 3 is 2.42 bits per heavy atom. The van der Waals surface area contributed by atoms with Gasteiger partial charge in [0.25, 0.3) is 0 Å². The van der Waals surface area contributed by atoms with Crippen molar-refractivity contribution in [1.29, 1.82) is 0 Å². The third-order valence-electron chi connectivity index (χ3n) is 4.95. The Bertz CT molecular complexity index is 898. The number of Topliss-reactive ketones (excluding diaryl/α,β-unsaturated/α-hetero) is 1. The molecule has 6 N–H and O–H groups in total. The maximum atomic E-state index is 12.7. The molecule has 0 saturated carbocycles. The number of ketones is 1. The van der Waals surface area contributed by atoms with E-state index in [1.807, 2.05) is 0 Å². The van der Waals surface area contributed by atoms with Gasteiger partial charge in [0, 0.05) is 18.6 Å². The number of carbonyl (C=O) groups excluding carboxylic acids is 1. The van der Waals surface area contributed by atoms with Gasteiger partial charge in [0.05, 0.1) is 13.2 Å². The van der Waals surface area contributed by atoms with E-state index in [2.05, 4.69) is 0 Å². The molecule has 1 aliphatic heterocycles. The number of rotatable bonds is 8. The van der Waals surface area contributed by atoms with Gasteiger partial charge in [0.15, 0.2) is 17.6 Å². The number of hydrogen-bond donors (Lipinski definition) is 6. The lowest BCUT2D eigenvalue weighted by molar-refractivity contribution is -0.311. The van der Waals surface area contributed by atoms with Crippen LogP contribution in [-0.2, 0) is 16.0 Å². The summed E-state index contributed by atoms with van der Waals surface area (Å²) in [7, 11) is 0. The summed E-state index contributed by atoms with van der Waals surface area (Å²) in [5, 5.41) is 58.4. The first-order valence-electron chi connectivity index (χ1n) is 9.59. The zero-order chi connectivity index (χ0) is 22.5. The van der Waals surface area contributed by atoms with Crippen molar-refractivity contribution in [3.05, 3.63) is 47.5 Å². The second-order valence-corrected chi connectivity index (χ2v) is 7.18. The molecule has 0 aromatic heterocycles. The van der Waals surface area contributed by atoms with Crippen molar-refractivity contribution in [3.63, 3.8) is 0 Å². The fraction of sp³-hybridized carbons (Fsp3) is 0.381. The van der Waals surface area contributed by atoms with Gasteiger partial charge in [-0.05, 0) is 24.1 Å². The average Bonchev–Trinajstić information content (AvgIpc) is 2.74. The number of phenolic OH excluding ortho intramolecular Hbond substituents is 3. The van der Waals surface area contributed by atoms with Gasteiger partial charge in [-0.1, -0.05) is 12.1 Å².